The summed E-state index contributed by atoms with van der Waals surface area (Å²) < 4.78 is 65.4. The molecule has 0 unspecified atom stereocenters. The Morgan fingerprint density at radius 2 is 1.79 bits per heavy atom. The highest BCUT2D eigenvalue weighted by molar-refractivity contribution is 7.89. The Bertz CT molecular complexity index is 886. The monoisotopic (exact) mass is 358 g/mol. The number of carbonyl (C=O) groups excluding carboxylic acids is 1. The highest BCUT2D eigenvalue weighted by Gasteiger charge is 2.18. The lowest BCUT2D eigenvalue weighted by Crippen LogP contribution is -2.33. The lowest BCUT2D eigenvalue weighted by Gasteiger charge is -2.09. The van der Waals surface area contributed by atoms with Crippen LogP contribution in [0.25, 0.3) is 0 Å². The molecule has 0 aliphatic heterocycles. The number of halogens is 3. The van der Waals surface area contributed by atoms with E-state index >= 15 is 0 Å². The van der Waals surface area contributed by atoms with Crippen LogP contribution < -0.4 is 10.0 Å². The van der Waals surface area contributed by atoms with Crippen LogP contribution >= 0.6 is 0 Å². The van der Waals surface area contributed by atoms with E-state index in [-0.39, 0.29) is 4.90 Å². The van der Waals surface area contributed by atoms with E-state index in [1.165, 1.54) is 12.1 Å². The van der Waals surface area contributed by atoms with Gasteiger partial charge in [-0.3, -0.25) is 4.79 Å². The molecule has 5 nitrogen and oxygen atoms in total. The van der Waals surface area contributed by atoms with E-state index in [0.717, 1.165) is 6.07 Å². The zero-order chi connectivity index (χ0) is 17.9. The molecule has 2 N–H and O–H groups in total. The third-order valence-electron chi connectivity index (χ3n) is 3.03. The van der Waals surface area contributed by atoms with E-state index in [1.54, 1.807) is 19.1 Å². The molecule has 0 bridgehead atoms. The quantitative estimate of drug-likeness (QED) is 0.806. The van der Waals surface area contributed by atoms with E-state index in [4.69, 9.17) is 0 Å². The fourth-order valence-electron chi connectivity index (χ4n) is 1.84. The summed E-state index contributed by atoms with van der Waals surface area (Å²) in [5.74, 6) is -5.63. The second-order valence-corrected chi connectivity index (χ2v) is 6.68. The molecule has 2 aromatic carbocycles. The Morgan fingerprint density at radius 3 is 2.46 bits per heavy atom. The predicted molar refractivity (Wildman–Crippen MR) is 81.3 cm³/mol. The Kier molecular flexibility index (Phi) is 5.25. The maximum atomic E-state index is 13.4. The second-order valence-electron chi connectivity index (χ2n) is 4.91. The van der Waals surface area contributed by atoms with E-state index < -0.39 is 45.6 Å². The molecule has 0 heterocycles. The smallest absolute Gasteiger partial charge is 0.241 e. The van der Waals surface area contributed by atoms with Gasteiger partial charge in [0.25, 0.3) is 0 Å². The molecule has 0 fully saturated rings. The molecule has 0 atom stereocenters. The molecule has 0 aliphatic carbocycles. The molecule has 0 saturated carbocycles. The van der Waals surface area contributed by atoms with Crippen LogP contribution in [0, 0.1) is 24.4 Å². The van der Waals surface area contributed by atoms with Gasteiger partial charge in [0, 0.05) is 0 Å². The van der Waals surface area contributed by atoms with Gasteiger partial charge < -0.3 is 5.32 Å². The Balaban J connectivity index is 2.05. The van der Waals surface area contributed by atoms with Crippen molar-refractivity contribution in [2.45, 2.75) is 11.8 Å². The predicted octanol–water partition coefficient (Wildman–Crippen LogP) is 2.33. The number of rotatable bonds is 5. The topological polar surface area (TPSA) is 75.3 Å². The highest BCUT2D eigenvalue weighted by Crippen LogP contribution is 2.19. The lowest BCUT2D eigenvalue weighted by atomic mass is 10.2. The summed E-state index contributed by atoms with van der Waals surface area (Å²) in [6.45, 7) is 1.01. The number of hydrogen-bond donors (Lipinski definition) is 2. The van der Waals surface area contributed by atoms with Gasteiger partial charge in [-0.25, -0.2) is 26.3 Å². The second kappa shape index (κ2) is 7.02. The number of anilines is 1. The first-order valence-electron chi connectivity index (χ1n) is 6.70. The number of hydrogen-bond acceptors (Lipinski definition) is 3. The minimum atomic E-state index is -3.93. The van der Waals surface area contributed by atoms with Crippen LogP contribution in [-0.4, -0.2) is 20.9 Å². The van der Waals surface area contributed by atoms with Crippen LogP contribution in [0.3, 0.4) is 0 Å². The van der Waals surface area contributed by atoms with Crippen molar-refractivity contribution in [2.24, 2.45) is 0 Å². The fraction of sp³-hybridized carbons (Fsp3) is 0.133. The van der Waals surface area contributed by atoms with Gasteiger partial charge in [0.05, 0.1) is 17.1 Å². The summed E-state index contributed by atoms with van der Waals surface area (Å²) in [4.78, 5) is 11.7. The van der Waals surface area contributed by atoms with Gasteiger partial charge in [-0.1, -0.05) is 12.1 Å². The van der Waals surface area contributed by atoms with Crippen molar-refractivity contribution in [1.82, 2.24) is 4.72 Å². The summed E-state index contributed by atoms with van der Waals surface area (Å²) in [5.41, 5.74) is 0.125. The number of aryl methyl sites for hydroxylation is 1. The Hall–Kier alpha value is -2.39. The number of benzene rings is 2. The molecule has 0 spiro atoms. The van der Waals surface area contributed by atoms with Gasteiger partial charge in [0.1, 0.15) is 0 Å². The maximum absolute atomic E-state index is 13.4. The van der Waals surface area contributed by atoms with Crippen molar-refractivity contribution < 1.29 is 26.4 Å². The highest BCUT2D eigenvalue weighted by atomic mass is 32.2. The van der Waals surface area contributed by atoms with Gasteiger partial charge >= 0.3 is 0 Å². The molecule has 128 valence electrons. The van der Waals surface area contributed by atoms with Crippen molar-refractivity contribution in [3.63, 3.8) is 0 Å². The molecule has 0 aromatic heterocycles. The van der Waals surface area contributed by atoms with Crippen molar-refractivity contribution in [2.75, 3.05) is 11.9 Å². The summed E-state index contributed by atoms with van der Waals surface area (Å²) in [6, 6.07) is 7.49. The van der Waals surface area contributed by atoms with Gasteiger partial charge in [0.2, 0.25) is 15.9 Å². The molecule has 1 amide bonds. The minimum absolute atomic E-state index is 0.0330. The van der Waals surface area contributed by atoms with Crippen molar-refractivity contribution in [3.8, 4) is 0 Å². The van der Waals surface area contributed by atoms with Crippen LogP contribution in [0.4, 0.5) is 18.9 Å². The molecular formula is C15H13F3N2O3S. The van der Waals surface area contributed by atoms with Crippen LogP contribution in [0.15, 0.2) is 41.3 Å². The van der Waals surface area contributed by atoms with Crippen molar-refractivity contribution in [3.05, 3.63) is 59.4 Å². The Morgan fingerprint density at radius 1 is 1.08 bits per heavy atom. The lowest BCUT2D eigenvalue weighted by molar-refractivity contribution is -0.115. The van der Waals surface area contributed by atoms with Crippen molar-refractivity contribution in [1.29, 1.82) is 0 Å². The zero-order valence-corrected chi connectivity index (χ0v) is 13.3. The molecule has 0 radical (unpaired) electrons. The summed E-state index contributed by atoms with van der Waals surface area (Å²) in [7, 11) is -3.93. The molecular weight excluding hydrogens is 345 g/mol. The van der Waals surface area contributed by atoms with E-state index in [1.807, 2.05) is 10.0 Å². The molecule has 0 saturated heterocycles. The van der Waals surface area contributed by atoms with Crippen LogP contribution in [0.1, 0.15) is 5.56 Å². The Labute approximate surface area is 136 Å². The molecule has 2 rings (SSSR count). The van der Waals surface area contributed by atoms with E-state index in [9.17, 15) is 26.4 Å². The summed E-state index contributed by atoms with van der Waals surface area (Å²) in [6.07, 6.45) is 0. The molecule has 2 aromatic rings. The van der Waals surface area contributed by atoms with Crippen LogP contribution in [-0.2, 0) is 14.8 Å². The standard InChI is InChI=1S/C15H13F3N2O3S/c1-9-3-2-4-10(7-9)24(22,23)19-8-13(21)20-12-6-5-11(16)14(17)15(12)18/h2-7,19H,8H2,1H3,(H,20,21). The first-order valence-corrected chi connectivity index (χ1v) is 8.18. The van der Waals surface area contributed by atoms with Crippen LogP contribution in [0.2, 0.25) is 0 Å². The largest absolute Gasteiger partial charge is 0.322 e. The number of carbonyl (C=O) groups is 1. The zero-order valence-electron chi connectivity index (χ0n) is 12.4. The third-order valence-corrected chi connectivity index (χ3v) is 4.43. The van der Waals surface area contributed by atoms with Gasteiger partial charge in [-0.2, -0.15) is 0 Å². The van der Waals surface area contributed by atoms with Gasteiger partial charge in [-0.05, 0) is 36.8 Å². The van der Waals surface area contributed by atoms with Crippen LogP contribution in [0.5, 0.6) is 0 Å². The molecule has 9 heteroatoms. The third kappa shape index (κ3) is 4.12. The van der Waals surface area contributed by atoms with E-state index in [0.29, 0.717) is 11.6 Å². The molecule has 24 heavy (non-hydrogen) atoms. The summed E-state index contributed by atoms with van der Waals surface area (Å²) in [5, 5.41) is 1.97. The SMILES string of the molecule is Cc1cccc(S(=O)(=O)NCC(=O)Nc2ccc(F)c(F)c2F)c1. The normalized spacial score (nSPS) is 11.3. The number of amides is 1. The maximum Gasteiger partial charge on any atom is 0.241 e. The number of sulfonamides is 1. The van der Waals surface area contributed by atoms with Crippen molar-refractivity contribution >= 4 is 21.6 Å². The summed E-state index contributed by atoms with van der Waals surface area (Å²) >= 11 is 0. The average Bonchev–Trinajstić information content (AvgIpc) is 2.54. The minimum Gasteiger partial charge on any atom is -0.322 e. The fourth-order valence-corrected chi connectivity index (χ4v) is 2.93. The molecule has 0 aliphatic rings. The number of nitrogens with one attached hydrogen (secondary N) is 2. The van der Waals surface area contributed by atoms with E-state index in [2.05, 4.69) is 0 Å². The first kappa shape index (κ1) is 18.0. The average molecular weight is 358 g/mol. The van der Waals surface area contributed by atoms with Gasteiger partial charge in [0.15, 0.2) is 17.5 Å². The van der Waals surface area contributed by atoms with Gasteiger partial charge in [-0.15, -0.1) is 0 Å². The first-order chi connectivity index (χ1) is 11.2.